The number of fused-ring (bicyclic) bond motifs is 1. The molecule has 2 aliphatic rings. The Balaban J connectivity index is 1.81. The highest BCUT2D eigenvalue weighted by atomic mass is 16.6. The van der Waals surface area contributed by atoms with Gasteiger partial charge in [-0.3, -0.25) is 9.59 Å². The molecule has 2 heterocycles. The molecule has 4 rings (SSSR count). The molecule has 2 aromatic carbocycles. The van der Waals surface area contributed by atoms with Crippen molar-refractivity contribution in [1.82, 2.24) is 4.90 Å². The summed E-state index contributed by atoms with van der Waals surface area (Å²) in [5, 5.41) is 11.1. The molecule has 1 fully saturated rings. The predicted molar refractivity (Wildman–Crippen MR) is 111 cm³/mol. The summed E-state index contributed by atoms with van der Waals surface area (Å²) >= 11 is 0. The average molecular weight is 409 g/mol. The van der Waals surface area contributed by atoms with Gasteiger partial charge in [0.2, 0.25) is 0 Å². The van der Waals surface area contributed by atoms with E-state index in [1.165, 1.54) is 0 Å². The molecule has 7 nitrogen and oxygen atoms in total. The summed E-state index contributed by atoms with van der Waals surface area (Å²) in [5.74, 6) is -0.383. The Kier molecular flexibility index (Phi) is 5.46. The monoisotopic (exact) mass is 409 g/mol. The van der Waals surface area contributed by atoms with E-state index in [2.05, 4.69) is 0 Å². The summed E-state index contributed by atoms with van der Waals surface area (Å²) in [5.41, 5.74) is 1.29. The topological polar surface area (TPSA) is 80.5 Å². The zero-order valence-corrected chi connectivity index (χ0v) is 17.1. The lowest BCUT2D eigenvalue weighted by molar-refractivity contribution is -0.857. The molecule has 0 aromatic heterocycles. The van der Waals surface area contributed by atoms with E-state index in [1.54, 1.807) is 23.1 Å². The maximum Gasteiger partial charge on any atom is 0.295 e. The van der Waals surface area contributed by atoms with Crippen LogP contribution < -0.4 is 14.4 Å². The molecule has 0 radical (unpaired) electrons. The van der Waals surface area contributed by atoms with E-state index >= 15 is 0 Å². The fourth-order valence-corrected chi connectivity index (χ4v) is 3.78. The number of hydrogen-bond donors (Lipinski definition) is 2. The largest absolute Gasteiger partial charge is 0.507 e. The third-order valence-corrected chi connectivity index (χ3v) is 5.32. The molecule has 0 spiro atoms. The van der Waals surface area contributed by atoms with Gasteiger partial charge in [-0.2, -0.15) is 0 Å². The summed E-state index contributed by atoms with van der Waals surface area (Å²) in [7, 11) is 3.98. The Morgan fingerprint density at radius 1 is 1.07 bits per heavy atom. The Hall–Kier alpha value is -3.32. The van der Waals surface area contributed by atoms with Crippen molar-refractivity contribution in [2.24, 2.45) is 0 Å². The zero-order chi connectivity index (χ0) is 21.3. The molecule has 0 aliphatic carbocycles. The highest BCUT2D eigenvalue weighted by Gasteiger charge is 2.46. The molecular formula is C23H25N2O5+. The minimum absolute atomic E-state index is 0.0941. The molecule has 2 aromatic rings. The van der Waals surface area contributed by atoms with Crippen molar-refractivity contribution in [2.75, 3.05) is 40.4 Å². The van der Waals surface area contributed by atoms with Crippen molar-refractivity contribution in [1.29, 1.82) is 0 Å². The van der Waals surface area contributed by atoms with Gasteiger partial charge in [0.25, 0.3) is 11.7 Å². The number of amides is 1. The number of carbonyl (C=O) groups excluding carboxylic acids is 2. The summed E-state index contributed by atoms with van der Waals surface area (Å²) in [6, 6.07) is 13.7. The molecule has 0 unspecified atom stereocenters. The fourth-order valence-electron chi connectivity index (χ4n) is 3.78. The predicted octanol–water partition coefficient (Wildman–Crippen LogP) is 1.02. The molecule has 2 aliphatic heterocycles. The molecule has 2 N–H and O–H groups in total. The summed E-state index contributed by atoms with van der Waals surface area (Å²) in [6.45, 7) is 1.97. The van der Waals surface area contributed by atoms with E-state index in [0.29, 0.717) is 43.4 Å². The molecule has 1 atom stereocenters. The van der Waals surface area contributed by atoms with E-state index < -0.39 is 17.7 Å². The van der Waals surface area contributed by atoms with E-state index in [1.807, 2.05) is 44.4 Å². The Morgan fingerprint density at radius 2 is 1.77 bits per heavy atom. The van der Waals surface area contributed by atoms with Gasteiger partial charge in [-0.25, -0.2) is 0 Å². The van der Waals surface area contributed by atoms with Crippen LogP contribution in [0.15, 0.2) is 54.1 Å². The van der Waals surface area contributed by atoms with Crippen LogP contribution in [0.1, 0.15) is 17.2 Å². The van der Waals surface area contributed by atoms with E-state index in [4.69, 9.17) is 9.47 Å². The molecular weight excluding hydrogens is 384 g/mol. The fraction of sp³-hybridized carbons (Fsp3) is 0.304. The smallest absolute Gasteiger partial charge is 0.295 e. The van der Waals surface area contributed by atoms with Gasteiger partial charge in [-0.1, -0.05) is 30.3 Å². The number of aliphatic hydroxyl groups excluding tert-OH is 1. The van der Waals surface area contributed by atoms with Crippen LogP contribution in [0.5, 0.6) is 11.5 Å². The molecule has 156 valence electrons. The number of nitrogens with one attached hydrogen (secondary N) is 1. The minimum atomic E-state index is -0.676. The van der Waals surface area contributed by atoms with Gasteiger partial charge in [0, 0.05) is 5.56 Å². The summed E-state index contributed by atoms with van der Waals surface area (Å²) in [6.07, 6.45) is 0. The maximum atomic E-state index is 13.0. The van der Waals surface area contributed by atoms with Crippen molar-refractivity contribution in [2.45, 2.75) is 6.04 Å². The highest BCUT2D eigenvalue weighted by molar-refractivity contribution is 6.46. The van der Waals surface area contributed by atoms with Crippen molar-refractivity contribution in [3.05, 3.63) is 65.2 Å². The average Bonchev–Trinajstić information content (AvgIpc) is 3.02. The standard InChI is InChI=1S/C23H24N2O5/c1-24(2)10-11-25-20(15-6-4-3-5-7-15)19(22(27)23(25)28)21(26)16-8-9-17-18(14-16)30-13-12-29-17/h3-9,14,20,26H,10-13H2,1-2H3/p+1/t20-/m1/s1. The normalized spacial score (nSPS) is 20.1. The number of hydrogen-bond acceptors (Lipinski definition) is 5. The zero-order valence-electron chi connectivity index (χ0n) is 17.1. The van der Waals surface area contributed by atoms with Crippen LogP contribution in [0.2, 0.25) is 0 Å². The van der Waals surface area contributed by atoms with Crippen molar-refractivity contribution >= 4 is 17.4 Å². The van der Waals surface area contributed by atoms with Crippen LogP contribution in [-0.2, 0) is 9.59 Å². The Labute approximate surface area is 175 Å². The quantitative estimate of drug-likeness (QED) is 0.438. The summed E-state index contributed by atoms with van der Waals surface area (Å²) < 4.78 is 11.1. The van der Waals surface area contributed by atoms with Crippen molar-refractivity contribution in [3.63, 3.8) is 0 Å². The summed E-state index contributed by atoms with van der Waals surface area (Å²) in [4.78, 5) is 28.5. The lowest BCUT2D eigenvalue weighted by Crippen LogP contribution is -3.06. The molecule has 1 amide bonds. The third kappa shape index (κ3) is 3.64. The van der Waals surface area contributed by atoms with E-state index in [9.17, 15) is 14.7 Å². The first kappa shape index (κ1) is 20.0. The molecule has 1 saturated heterocycles. The van der Waals surface area contributed by atoms with Crippen molar-refractivity contribution in [3.8, 4) is 11.5 Å². The van der Waals surface area contributed by atoms with E-state index in [0.717, 1.165) is 10.5 Å². The van der Waals surface area contributed by atoms with Crippen molar-refractivity contribution < 1.29 is 29.1 Å². The van der Waals surface area contributed by atoms with E-state index in [-0.39, 0.29) is 11.3 Å². The van der Waals surface area contributed by atoms with Crippen LogP contribution in [0, 0.1) is 0 Å². The second kappa shape index (κ2) is 8.20. The molecule has 30 heavy (non-hydrogen) atoms. The van der Waals surface area contributed by atoms with Gasteiger partial charge < -0.3 is 24.4 Å². The Bertz CT molecular complexity index is 1000. The first-order valence-electron chi connectivity index (χ1n) is 10.00. The van der Waals surface area contributed by atoms with Gasteiger partial charge in [-0.15, -0.1) is 0 Å². The lowest BCUT2D eigenvalue weighted by Gasteiger charge is -2.25. The first-order chi connectivity index (χ1) is 14.5. The number of likely N-dealkylation sites (N-methyl/N-ethyl adjacent to an activating group) is 1. The first-order valence-corrected chi connectivity index (χ1v) is 10.00. The number of quaternary nitrogens is 1. The van der Waals surface area contributed by atoms with Crippen LogP contribution in [0.3, 0.4) is 0 Å². The van der Waals surface area contributed by atoms with Gasteiger partial charge in [0.15, 0.2) is 11.5 Å². The minimum Gasteiger partial charge on any atom is -0.507 e. The highest BCUT2D eigenvalue weighted by Crippen LogP contribution is 2.40. The molecule has 0 saturated carbocycles. The van der Waals surface area contributed by atoms with Crippen LogP contribution >= 0.6 is 0 Å². The number of likely N-dealkylation sites (tertiary alicyclic amines) is 1. The van der Waals surface area contributed by atoms with Gasteiger partial charge in [-0.05, 0) is 23.8 Å². The SMILES string of the molecule is C[NH+](C)CCN1C(=O)C(=O)C(=C(O)c2ccc3c(c2)OCCO3)[C@H]1c1ccccc1. The maximum absolute atomic E-state index is 13.0. The van der Waals surface area contributed by atoms with Gasteiger partial charge in [0.05, 0.1) is 38.8 Å². The van der Waals surface area contributed by atoms with Crippen LogP contribution in [0.4, 0.5) is 0 Å². The number of Topliss-reactive ketones (excluding diaryl/α,β-unsaturated/α-hetero) is 1. The van der Waals surface area contributed by atoms with Crippen LogP contribution in [-0.4, -0.2) is 62.1 Å². The second-order valence-corrected chi connectivity index (χ2v) is 7.72. The lowest BCUT2D eigenvalue weighted by atomic mass is 9.95. The number of ether oxygens (including phenoxy) is 2. The number of rotatable bonds is 5. The Morgan fingerprint density at radius 3 is 2.47 bits per heavy atom. The molecule has 0 bridgehead atoms. The number of nitrogens with zero attached hydrogens (tertiary/aromatic N) is 1. The number of benzene rings is 2. The van der Waals surface area contributed by atoms with Gasteiger partial charge >= 0.3 is 0 Å². The molecule has 7 heteroatoms. The number of ketones is 1. The number of carbonyl (C=O) groups is 2. The second-order valence-electron chi connectivity index (χ2n) is 7.72. The third-order valence-electron chi connectivity index (χ3n) is 5.32. The number of aliphatic hydroxyl groups is 1. The van der Waals surface area contributed by atoms with Gasteiger partial charge in [0.1, 0.15) is 19.0 Å². The van der Waals surface area contributed by atoms with Crippen LogP contribution in [0.25, 0.3) is 5.76 Å².